The summed E-state index contributed by atoms with van der Waals surface area (Å²) in [5, 5.41) is 12.4. The molecule has 1 fully saturated rings. The first-order valence-corrected chi connectivity index (χ1v) is 9.75. The largest absolute Gasteiger partial charge is 0.396 e. The number of aromatic nitrogens is 4. The summed E-state index contributed by atoms with van der Waals surface area (Å²) < 4.78 is 7.94. The van der Waals surface area contributed by atoms with Gasteiger partial charge in [0.05, 0.1) is 12.4 Å². The number of thiol groups is 1. The van der Waals surface area contributed by atoms with E-state index in [1.807, 2.05) is 10.6 Å². The van der Waals surface area contributed by atoms with E-state index in [0.29, 0.717) is 34.7 Å². The molecule has 1 aliphatic rings. The summed E-state index contributed by atoms with van der Waals surface area (Å²) in [5.74, 6) is 0.826. The average molecular weight is 399 g/mol. The second-order valence-electron chi connectivity index (χ2n) is 6.69. The van der Waals surface area contributed by atoms with Gasteiger partial charge >= 0.3 is 0 Å². The van der Waals surface area contributed by atoms with Gasteiger partial charge in [0, 0.05) is 24.5 Å². The van der Waals surface area contributed by atoms with Gasteiger partial charge in [-0.15, -0.1) is 0 Å². The number of aliphatic hydroxyl groups excluding tert-OH is 1. The Morgan fingerprint density at radius 2 is 2.11 bits per heavy atom. The van der Waals surface area contributed by atoms with E-state index < -0.39 is 0 Å². The molecule has 9 heteroatoms. The third-order valence-electron chi connectivity index (χ3n) is 4.95. The summed E-state index contributed by atoms with van der Waals surface area (Å²) in [6, 6.07) is 8.92. The van der Waals surface area contributed by atoms with E-state index in [0.717, 1.165) is 6.42 Å². The first-order chi connectivity index (χ1) is 13.7. The van der Waals surface area contributed by atoms with E-state index in [2.05, 4.69) is 32.9 Å². The minimum atomic E-state index is -0.278. The van der Waals surface area contributed by atoms with Crippen molar-refractivity contribution >= 4 is 35.5 Å². The molecule has 3 heterocycles. The standard InChI is InChI=1S/C19H21N5O3S/c25-9-13-8-15(27-14(13)6-7-28)24-11-22-16-17(20-10-21-18(16)24)23-19(26)12-4-2-1-3-5-12/h1-5,10-11,13-15,25,28H,6-9H2,(H,20,21,23,26)/t13-,14-,15-/m1/s1. The molecule has 3 atom stereocenters. The van der Waals surface area contributed by atoms with Crippen LogP contribution in [0.4, 0.5) is 5.82 Å². The van der Waals surface area contributed by atoms with Crippen LogP contribution in [0.25, 0.3) is 11.2 Å². The number of carbonyl (C=O) groups excluding carboxylic acids is 1. The molecule has 146 valence electrons. The third-order valence-corrected chi connectivity index (χ3v) is 5.21. The van der Waals surface area contributed by atoms with E-state index in [1.165, 1.54) is 6.33 Å². The van der Waals surface area contributed by atoms with Gasteiger partial charge in [0.2, 0.25) is 0 Å². The minimum absolute atomic E-state index is 0.0497. The number of fused-ring (bicyclic) bond motifs is 1. The number of aliphatic hydroxyl groups is 1. The Bertz CT molecular complexity index is 965. The van der Waals surface area contributed by atoms with Crippen LogP contribution in [0.15, 0.2) is 43.0 Å². The number of anilines is 1. The molecule has 4 rings (SSSR count). The number of nitrogens with zero attached hydrogens (tertiary/aromatic N) is 4. The molecule has 0 aliphatic carbocycles. The van der Waals surface area contributed by atoms with Crippen LogP contribution in [0.2, 0.25) is 0 Å². The van der Waals surface area contributed by atoms with Crippen LogP contribution >= 0.6 is 12.6 Å². The van der Waals surface area contributed by atoms with Gasteiger partial charge in [-0.25, -0.2) is 15.0 Å². The molecular weight excluding hydrogens is 378 g/mol. The van der Waals surface area contributed by atoms with Crippen molar-refractivity contribution in [3.8, 4) is 0 Å². The maximum atomic E-state index is 12.5. The molecule has 1 aromatic carbocycles. The minimum Gasteiger partial charge on any atom is -0.396 e. The van der Waals surface area contributed by atoms with E-state index >= 15 is 0 Å². The lowest BCUT2D eigenvalue weighted by molar-refractivity contribution is -0.00779. The van der Waals surface area contributed by atoms with Crippen molar-refractivity contribution in [3.05, 3.63) is 48.5 Å². The summed E-state index contributed by atoms with van der Waals surface area (Å²) in [6.45, 7) is 0.0644. The Balaban J connectivity index is 1.60. The van der Waals surface area contributed by atoms with E-state index in [1.54, 1.807) is 30.6 Å². The zero-order chi connectivity index (χ0) is 19.5. The molecule has 1 saturated heterocycles. The fraction of sp³-hybridized carbons (Fsp3) is 0.368. The number of carbonyl (C=O) groups is 1. The maximum Gasteiger partial charge on any atom is 0.256 e. The van der Waals surface area contributed by atoms with Gasteiger partial charge in [0.25, 0.3) is 5.91 Å². The highest BCUT2D eigenvalue weighted by molar-refractivity contribution is 7.80. The molecule has 0 unspecified atom stereocenters. The zero-order valence-electron chi connectivity index (χ0n) is 15.1. The highest BCUT2D eigenvalue weighted by Gasteiger charge is 2.36. The lowest BCUT2D eigenvalue weighted by Crippen LogP contribution is -2.19. The summed E-state index contributed by atoms with van der Waals surface area (Å²) in [5.41, 5.74) is 1.60. The highest BCUT2D eigenvalue weighted by Crippen LogP contribution is 2.36. The zero-order valence-corrected chi connectivity index (χ0v) is 16.0. The van der Waals surface area contributed by atoms with Crippen LogP contribution in [0.5, 0.6) is 0 Å². The van der Waals surface area contributed by atoms with Crippen LogP contribution in [0.1, 0.15) is 29.4 Å². The van der Waals surface area contributed by atoms with Crippen molar-refractivity contribution in [2.45, 2.75) is 25.2 Å². The predicted octanol–water partition coefficient (Wildman–Crippen LogP) is 2.29. The molecule has 2 N–H and O–H groups in total. The normalized spacial score (nSPS) is 21.9. The molecule has 0 spiro atoms. The molecule has 0 radical (unpaired) electrons. The lowest BCUT2D eigenvalue weighted by Gasteiger charge is -2.15. The lowest BCUT2D eigenvalue weighted by atomic mass is 10.0. The monoisotopic (exact) mass is 399 g/mol. The van der Waals surface area contributed by atoms with E-state index in [9.17, 15) is 9.90 Å². The van der Waals surface area contributed by atoms with Crippen LogP contribution in [0, 0.1) is 5.92 Å². The van der Waals surface area contributed by atoms with Crippen molar-refractivity contribution in [1.82, 2.24) is 19.5 Å². The van der Waals surface area contributed by atoms with Gasteiger partial charge in [-0.2, -0.15) is 12.6 Å². The number of nitrogens with one attached hydrogen (secondary N) is 1. The maximum absolute atomic E-state index is 12.5. The number of imidazole rings is 1. The summed E-state index contributed by atoms with van der Waals surface area (Å²) in [6.07, 6.45) is 4.13. The number of amides is 1. The topological polar surface area (TPSA) is 102 Å². The van der Waals surface area contributed by atoms with Crippen molar-refractivity contribution < 1.29 is 14.6 Å². The van der Waals surface area contributed by atoms with Gasteiger partial charge in [-0.05, 0) is 24.3 Å². The number of rotatable bonds is 6. The van der Waals surface area contributed by atoms with Gasteiger partial charge in [0.1, 0.15) is 12.6 Å². The van der Waals surface area contributed by atoms with Crippen molar-refractivity contribution in [1.29, 1.82) is 0 Å². The molecule has 1 aliphatic heterocycles. The van der Waals surface area contributed by atoms with Crippen LogP contribution in [0.3, 0.4) is 0 Å². The van der Waals surface area contributed by atoms with E-state index in [-0.39, 0.29) is 30.8 Å². The first-order valence-electron chi connectivity index (χ1n) is 9.12. The third kappa shape index (κ3) is 3.60. The second-order valence-corrected chi connectivity index (χ2v) is 7.13. The molecule has 1 amide bonds. The summed E-state index contributed by atoms with van der Waals surface area (Å²) in [7, 11) is 0. The first kappa shape index (κ1) is 18.9. The van der Waals surface area contributed by atoms with Gasteiger partial charge < -0.3 is 15.2 Å². The van der Waals surface area contributed by atoms with Crippen LogP contribution in [-0.2, 0) is 4.74 Å². The number of benzene rings is 1. The van der Waals surface area contributed by atoms with E-state index in [4.69, 9.17) is 4.74 Å². The Hall–Kier alpha value is -2.49. The summed E-state index contributed by atoms with van der Waals surface area (Å²) in [4.78, 5) is 25.4. The Kier molecular flexibility index (Phi) is 5.56. The Morgan fingerprint density at radius 1 is 1.29 bits per heavy atom. The smallest absolute Gasteiger partial charge is 0.256 e. The Labute approximate surface area is 167 Å². The second kappa shape index (κ2) is 8.26. The van der Waals surface area contributed by atoms with Crippen LogP contribution in [-0.4, -0.2) is 49.0 Å². The quantitative estimate of drug-likeness (QED) is 0.550. The van der Waals surface area contributed by atoms with Gasteiger partial charge in [-0.3, -0.25) is 9.36 Å². The number of hydrogen-bond acceptors (Lipinski definition) is 7. The molecular formula is C19H21N5O3S. The van der Waals surface area contributed by atoms with Crippen LogP contribution < -0.4 is 5.32 Å². The van der Waals surface area contributed by atoms with Gasteiger partial charge in [0.15, 0.2) is 17.0 Å². The number of ether oxygens (including phenoxy) is 1. The van der Waals surface area contributed by atoms with Crippen molar-refractivity contribution in [2.24, 2.45) is 5.92 Å². The van der Waals surface area contributed by atoms with Crippen molar-refractivity contribution in [2.75, 3.05) is 17.7 Å². The molecule has 3 aromatic rings. The molecule has 0 bridgehead atoms. The Morgan fingerprint density at radius 3 is 2.86 bits per heavy atom. The average Bonchev–Trinajstić information content (AvgIpc) is 3.33. The fourth-order valence-corrected chi connectivity index (χ4v) is 3.76. The fourth-order valence-electron chi connectivity index (χ4n) is 3.50. The predicted molar refractivity (Wildman–Crippen MR) is 107 cm³/mol. The summed E-state index contributed by atoms with van der Waals surface area (Å²) >= 11 is 4.27. The van der Waals surface area contributed by atoms with Gasteiger partial charge in [-0.1, -0.05) is 18.2 Å². The molecule has 28 heavy (non-hydrogen) atoms. The highest BCUT2D eigenvalue weighted by atomic mass is 32.1. The SMILES string of the molecule is O=C(Nc1ncnc2c1ncn2[C@H]1C[C@H](CO)[C@@H](CCS)O1)c1ccccc1. The molecule has 2 aromatic heterocycles. The molecule has 0 saturated carbocycles. The number of hydrogen-bond donors (Lipinski definition) is 3. The van der Waals surface area contributed by atoms with Crippen molar-refractivity contribution in [3.63, 3.8) is 0 Å². The molecule has 8 nitrogen and oxygen atoms in total.